The van der Waals surface area contributed by atoms with Crippen LogP contribution in [0.2, 0.25) is 0 Å². The van der Waals surface area contributed by atoms with Gasteiger partial charge in [-0.2, -0.15) is 13.2 Å². The Hall–Kier alpha value is -1.72. The molecule has 6 heteroatoms. The molecule has 128 valence electrons. The Kier molecular flexibility index (Phi) is 5.22. The van der Waals surface area contributed by atoms with E-state index in [2.05, 4.69) is 4.99 Å². The van der Waals surface area contributed by atoms with Crippen molar-refractivity contribution in [2.45, 2.75) is 44.7 Å². The van der Waals surface area contributed by atoms with Crippen LogP contribution >= 0.6 is 0 Å². The average molecular weight is 327 g/mol. The number of rotatable bonds is 5. The van der Waals surface area contributed by atoms with Crippen LogP contribution < -0.4 is 5.73 Å². The Balaban J connectivity index is 2.23. The highest BCUT2D eigenvalue weighted by molar-refractivity contribution is 5.78. The fourth-order valence-electron chi connectivity index (χ4n) is 3.05. The van der Waals surface area contributed by atoms with Crippen molar-refractivity contribution in [3.63, 3.8) is 0 Å². The van der Waals surface area contributed by atoms with Crippen LogP contribution in [-0.2, 0) is 11.6 Å². The summed E-state index contributed by atoms with van der Waals surface area (Å²) in [6.45, 7) is 5.97. The first-order chi connectivity index (χ1) is 10.8. The van der Waals surface area contributed by atoms with Crippen molar-refractivity contribution in [3.05, 3.63) is 35.4 Å². The minimum Gasteiger partial charge on any atom is -0.370 e. The van der Waals surface area contributed by atoms with Crippen molar-refractivity contribution in [2.75, 3.05) is 19.6 Å². The number of guanidine groups is 1. The molecule has 0 saturated heterocycles. The van der Waals surface area contributed by atoms with Crippen LogP contribution in [0.25, 0.3) is 0 Å². The molecule has 0 heterocycles. The maximum atomic E-state index is 12.9. The summed E-state index contributed by atoms with van der Waals surface area (Å²) in [5.74, 6) is 0.466. The van der Waals surface area contributed by atoms with Crippen molar-refractivity contribution < 1.29 is 13.2 Å². The van der Waals surface area contributed by atoms with E-state index in [1.165, 1.54) is 12.1 Å². The van der Waals surface area contributed by atoms with Gasteiger partial charge >= 0.3 is 6.18 Å². The van der Waals surface area contributed by atoms with Crippen LogP contribution in [0.4, 0.5) is 13.2 Å². The van der Waals surface area contributed by atoms with Crippen molar-refractivity contribution >= 4 is 5.96 Å². The third-order valence-corrected chi connectivity index (χ3v) is 4.74. The summed E-state index contributed by atoms with van der Waals surface area (Å²) in [6.07, 6.45) is -1.60. The van der Waals surface area contributed by atoms with Gasteiger partial charge in [0.2, 0.25) is 0 Å². The predicted octanol–water partition coefficient (Wildman–Crippen LogP) is 3.78. The number of halogens is 3. The molecule has 0 amide bonds. The normalized spacial score (nSPS) is 17.7. The van der Waals surface area contributed by atoms with E-state index in [4.69, 9.17) is 5.73 Å². The standard InChI is InChI=1S/C17H24F3N3/c1-3-23(4-2)15(21)22-12-16(9-6-10-16)13-7-5-8-14(11-13)17(18,19)20/h5,7-8,11H,3-4,6,9-10,12H2,1-2H3,(H2,21,22). The van der Waals surface area contributed by atoms with Gasteiger partial charge in [0, 0.05) is 18.5 Å². The van der Waals surface area contributed by atoms with Gasteiger partial charge in [0.1, 0.15) is 0 Å². The van der Waals surface area contributed by atoms with Gasteiger partial charge in [-0.25, -0.2) is 0 Å². The quantitative estimate of drug-likeness (QED) is 0.660. The molecule has 2 rings (SSSR count). The highest BCUT2D eigenvalue weighted by Crippen LogP contribution is 2.45. The topological polar surface area (TPSA) is 41.6 Å². The fourth-order valence-corrected chi connectivity index (χ4v) is 3.05. The summed E-state index contributed by atoms with van der Waals surface area (Å²) in [5, 5.41) is 0. The van der Waals surface area contributed by atoms with Crippen LogP contribution in [0.3, 0.4) is 0 Å². The van der Waals surface area contributed by atoms with E-state index in [0.29, 0.717) is 12.5 Å². The number of benzene rings is 1. The lowest BCUT2D eigenvalue weighted by atomic mass is 9.64. The maximum absolute atomic E-state index is 12.9. The SMILES string of the molecule is CCN(CC)C(N)=NCC1(c2cccc(C(F)(F)F)c2)CCC1. The second-order valence-electron chi connectivity index (χ2n) is 6.06. The van der Waals surface area contributed by atoms with E-state index in [1.54, 1.807) is 6.07 Å². The van der Waals surface area contributed by atoms with E-state index < -0.39 is 11.7 Å². The molecule has 0 spiro atoms. The molecule has 1 aliphatic rings. The third-order valence-electron chi connectivity index (χ3n) is 4.74. The molecular formula is C17H24F3N3. The predicted molar refractivity (Wildman–Crippen MR) is 86.4 cm³/mol. The van der Waals surface area contributed by atoms with E-state index in [0.717, 1.165) is 44.0 Å². The molecule has 1 saturated carbocycles. The highest BCUT2D eigenvalue weighted by Gasteiger charge is 2.40. The molecule has 0 aromatic heterocycles. The minimum absolute atomic E-state index is 0.307. The number of nitrogens with two attached hydrogens (primary N) is 1. The van der Waals surface area contributed by atoms with Crippen molar-refractivity contribution in [1.29, 1.82) is 0 Å². The van der Waals surface area contributed by atoms with Gasteiger partial charge in [0.15, 0.2) is 5.96 Å². The van der Waals surface area contributed by atoms with E-state index in [-0.39, 0.29) is 5.41 Å². The molecule has 1 aromatic carbocycles. The molecule has 0 unspecified atom stereocenters. The lowest BCUT2D eigenvalue weighted by molar-refractivity contribution is -0.137. The molecule has 0 atom stereocenters. The number of nitrogens with zero attached hydrogens (tertiary/aromatic N) is 2. The fraction of sp³-hybridized carbons (Fsp3) is 0.588. The zero-order valence-corrected chi connectivity index (χ0v) is 13.7. The number of alkyl halides is 3. The Labute approximate surface area is 135 Å². The Bertz CT molecular complexity index is 558. The van der Waals surface area contributed by atoms with Gasteiger partial charge in [-0.15, -0.1) is 0 Å². The van der Waals surface area contributed by atoms with Crippen molar-refractivity contribution in [2.24, 2.45) is 10.7 Å². The van der Waals surface area contributed by atoms with Crippen LogP contribution in [0, 0.1) is 0 Å². The monoisotopic (exact) mass is 327 g/mol. The first-order valence-corrected chi connectivity index (χ1v) is 8.05. The minimum atomic E-state index is -4.32. The Morgan fingerprint density at radius 3 is 2.39 bits per heavy atom. The highest BCUT2D eigenvalue weighted by atomic mass is 19.4. The smallest absolute Gasteiger partial charge is 0.370 e. The lowest BCUT2D eigenvalue weighted by Crippen LogP contribution is -2.41. The second-order valence-corrected chi connectivity index (χ2v) is 6.06. The van der Waals surface area contributed by atoms with Crippen LogP contribution in [-0.4, -0.2) is 30.5 Å². The second kappa shape index (κ2) is 6.81. The molecule has 1 fully saturated rings. The zero-order valence-electron chi connectivity index (χ0n) is 13.7. The summed E-state index contributed by atoms with van der Waals surface area (Å²) in [5.41, 5.74) is 5.81. The summed E-state index contributed by atoms with van der Waals surface area (Å²) >= 11 is 0. The summed E-state index contributed by atoms with van der Waals surface area (Å²) in [6, 6.07) is 5.64. The largest absolute Gasteiger partial charge is 0.416 e. The molecule has 2 N–H and O–H groups in total. The van der Waals surface area contributed by atoms with Crippen molar-refractivity contribution in [3.8, 4) is 0 Å². The molecule has 1 aliphatic carbocycles. The van der Waals surface area contributed by atoms with Gasteiger partial charge < -0.3 is 10.6 Å². The maximum Gasteiger partial charge on any atom is 0.416 e. The first-order valence-electron chi connectivity index (χ1n) is 8.05. The Morgan fingerprint density at radius 1 is 1.26 bits per heavy atom. The summed E-state index contributed by atoms with van der Waals surface area (Å²) in [7, 11) is 0. The zero-order chi connectivity index (χ0) is 17.1. The van der Waals surface area contributed by atoms with Crippen LogP contribution in [0.5, 0.6) is 0 Å². The van der Waals surface area contributed by atoms with E-state index >= 15 is 0 Å². The number of hydrogen-bond donors (Lipinski definition) is 1. The molecule has 1 aromatic rings. The number of hydrogen-bond acceptors (Lipinski definition) is 1. The molecule has 3 nitrogen and oxygen atoms in total. The first kappa shape index (κ1) is 17.6. The van der Waals surface area contributed by atoms with Crippen molar-refractivity contribution in [1.82, 2.24) is 4.90 Å². The number of aliphatic imine (C=N–C) groups is 1. The van der Waals surface area contributed by atoms with E-state index in [9.17, 15) is 13.2 Å². The van der Waals surface area contributed by atoms with Gasteiger partial charge in [-0.05, 0) is 38.3 Å². The van der Waals surface area contributed by atoms with Gasteiger partial charge in [0.05, 0.1) is 12.1 Å². The van der Waals surface area contributed by atoms with Crippen LogP contribution in [0.1, 0.15) is 44.2 Å². The molecular weight excluding hydrogens is 303 g/mol. The molecule has 0 radical (unpaired) electrons. The van der Waals surface area contributed by atoms with E-state index in [1.807, 2.05) is 18.7 Å². The lowest BCUT2D eigenvalue weighted by Gasteiger charge is -2.41. The van der Waals surface area contributed by atoms with Gasteiger partial charge in [0.25, 0.3) is 0 Å². The molecule has 0 aliphatic heterocycles. The van der Waals surface area contributed by atoms with Crippen LogP contribution in [0.15, 0.2) is 29.3 Å². The summed E-state index contributed by atoms with van der Waals surface area (Å²) in [4.78, 5) is 6.41. The molecule has 0 bridgehead atoms. The van der Waals surface area contributed by atoms with Gasteiger partial charge in [-0.1, -0.05) is 24.6 Å². The third kappa shape index (κ3) is 3.79. The Morgan fingerprint density at radius 2 is 1.91 bits per heavy atom. The summed E-state index contributed by atoms with van der Waals surface area (Å²) < 4.78 is 38.8. The average Bonchev–Trinajstić information content (AvgIpc) is 2.47. The molecule has 23 heavy (non-hydrogen) atoms. The van der Waals surface area contributed by atoms with Gasteiger partial charge in [-0.3, -0.25) is 4.99 Å².